The number of benzene rings is 1. The van der Waals surface area contributed by atoms with E-state index >= 15 is 0 Å². The van der Waals surface area contributed by atoms with Crippen molar-refractivity contribution < 1.29 is 13.9 Å². The van der Waals surface area contributed by atoms with E-state index in [0.29, 0.717) is 5.96 Å². The Kier molecular flexibility index (Phi) is 5.73. The van der Waals surface area contributed by atoms with E-state index in [4.69, 9.17) is 20.2 Å². The van der Waals surface area contributed by atoms with Crippen LogP contribution in [0.15, 0.2) is 29.3 Å². The first-order valence-corrected chi connectivity index (χ1v) is 10.4. The van der Waals surface area contributed by atoms with Crippen LogP contribution in [0.3, 0.4) is 0 Å². The molecule has 2 saturated heterocycles. The van der Waals surface area contributed by atoms with Gasteiger partial charge in [-0.25, -0.2) is 9.38 Å². The van der Waals surface area contributed by atoms with Crippen LogP contribution in [0.2, 0.25) is 0 Å². The number of hydrogen-bond donors (Lipinski definition) is 1. The van der Waals surface area contributed by atoms with E-state index in [1.807, 2.05) is 12.1 Å². The number of aliphatic imine (C=N–C) groups is 1. The van der Waals surface area contributed by atoms with Gasteiger partial charge in [0, 0.05) is 57.1 Å². The monoisotopic (exact) mass is 390 g/mol. The molecule has 1 spiro atoms. The second kappa shape index (κ2) is 8.25. The van der Waals surface area contributed by atoms with Crippen molar-refractivity contribution in [3.63, 3.8) is 0 Å². The highest BCUT2D eigenvalue weighted by atomic mass is 19.1. The highest BCUT2D eigenvalue weighted by molar-refractivity contribution is 5.78. The van der Waals surface area contributed by atoms with Crippen molar-refractivity contribution in [3.8, 4) is 0 Å². The van der Waals surface area contributed by atoms with Crippen LogP contribution in [0.4, 0.5) is 10.1 Å². The van der Waals surface area contributed by atoms with Crippen molar-refractivity contribution in [1.29, 1.82) is 0 Å². The smallest absolute Gasteiger partial charge is 0.191 e. The molecule has 2 aliphatic heterocycles. The molecule has 1 saturated carbocycles. The molecule has 3 fully saturated rings. The van der Waals surface area contributed by atoms with E-state index in [0.717, 1.165) is 70.9 Å². The zero-order valence-electron chi connectivity index (χ0n) is 16.6. The van der Waals surface area contributed by atoms with E-state index < -0.39 is 0 Å². The van der Waals surface area contributed by atoms with Gasteiger partial charge in [0.25, 0.3) is 0 Å². The highest BCUT2D eigenvalue weighted by Gasteiger charge is 2.56. The first-order chi connectivity index (χ1) is 13.6. The molecular weight excluding hydrogens is 359 g/mol. The van der Waals surface area contributed by atoms with Crippen molar-refractivity contribution >= 4 is 11.6 Å². The van der Waals surface area contributed by atoms with Gasteiger partial charge in [-0.2, -0.15) is 0 Å². The molecule has 7 heteroatoms. The molecule has 2 heterocycles. The molecule has 2 N–H and O–H groups in total. The van der Waals surface area contributed by atoms with Crippen LogP contribution in [-0.4, -0.2) is 69.0 Å². The second-order valence-corrected chi connectivity index (χ2v) is 7.98. The normalized spacial score (nSPS) is 27.7. The Balaban J connectivity index is 1.37. The predicted octanol–water partition coefficient (Wildman–Crippen LogP) is 2.24. The maximum absolute atomic E-state index is 13.1. The SMILES string of the molecule is CCOC1CC(N=C(N)N2CCN(c3ccc(F)cc3)CC2)C12CCOCC2. The topological polar surface area (TPSA) is 63.3 Å². The van der Waals surface area contributed by atoms with Crippen LogP contribution in [0.1, 0.15) is 26.2 Å². The minimum Gasteiger partial charge on any atom is -0.381 e. The zero-order valence-corrected chi connectivity index (χ0v) is 16.6. The first kappa shape index (κ1) is 19.5. The van der Waals surface area contributed by atoms with Gasteiger partial charge in [0.2, 0.25) is 0 Å². The lowest BCUT2D eigenvalue weighted by Crippen LogP contribution is -2.61. The number of hydrogen-bond acceptors (Lipinski definition) is 4. The number of nitrogens with two attached hydrogens (primary N) is 1. The Morgan fingerprint density at radius 3 is 2.54 bits per heavy atom. The molecule has 0 aromatic heterocycles. The van der Waals surface area contributed by atoms with Gasteiger partial charge in [-0.1, -0.05) is 0 Å². The minimum atomic E-state index is -0.202. The van der Waals surface area contributed by atoms with Crippen molar-refractivity contribution in [2.24, 2.45) is 16.1 Å². The molecule has 1 aliphatic carbocycles. The van der Waals surface area contributed by atoms with Crippen LogP contribution < -0.4 is 10.6 Å². The van der Waals surface area contributed by atoms with Crippen LogP contribution in [-0.2, 0) is 9.47 Å². The Morgan fingerprint density at radius 2 is 1.89 bits per heavy atom. The summed E-state index contributed by atoms with van der Waals surface area (Å²) in [5.41, 5.74) is 7.55. The van der Waals surface area contributed by atoms with Crippen LogP contribution in [0.25, 0.3) is 0 Å². The molecule has 3 aliphatic rings. The second-order valence-electron chi connectivity index (χ2n) is 7.98. The Labute approximate surface area is 166 Å². The molecule has 2 unspecified atom stereocenters. The minimum absolute atomic E-state index is 0.0921. The maximum Gasteiger partial charge on any atom is 0.191 e. The molecule has 2 atom stereocenters. The average molecular weight is 391 g/mol. The quantitative estimate of drug-likeness (QED) is 0.631. The summed E-state index contributed by atoms with van der Waals surface area (Å²) in [4.78, 5) is 9.37. The van der Waals surface area contributed by atoms with Gasteiger partial charge in [0.05, 0.1) is 12.1 Å². The van der Waals surface area contributed by atoms with Crippen molar-refractivity contribution in [3.05, 3.63) is 30.1 Å². The maximum atomic E-state index is 13.1. The highest BCUT2D eigenvalue weighted by Crippen LogP contribution is 2.52. The van der Waals surface area contributed by atoms with E-state index in [-0.39, 0.29) is 23.4 Å². The van der Waals surface area contributed by atoms with Gasteiger partial charge in [0.1, 0.15) is 5.82 Å². The summed E-state index contributed by atoms with van der Waals surface area (Å²) in [7, 11) is 0. The summed E-state index contributed by atoms with van der Waals surface area (Å²) < 4.78 is 24.7. The summed E-state index contributed by atoms with van der Waals surface area (Å²) in [6, 6.07) is 6.91. The van der Waals surface area contributed by atoms with Crippen molar-refractivity contribution in [2.45, 2.75) is 38.3 Å². The number of halogens is 1. The Hall–Kier alpha value is -1.86. The number of rotatable bonds is 4. The van der Waals surface area contributed by atoms with E-state index in [9.17, 15) is 4.39 Å². The van der Waals surface area contributed by atoms with E-state index in [1.54, 1.807) is 0 Å². The van der Waals surface area contributed by atoms with Crippen molar-refractivity contribution in [1.82, 2.24) is 4.90 Å². The molecular formula is C21H31FN4O2. The molecule has 0 radical (unpaired) electrons. The molecule has 6 nitrogen and oxygen atoms in total. The summed E-state index contributed by atoms with van der Waals surface area (Å²) >= 11 is 0. The third-order valence-electron chi connectivity index (χ3n) is 6.62. The fraction of sp³-hybridized carbons (Fsp3) is 0.667. The summed E-state index contributed by atoms with van der Waals surface area (Å²) in [6.45, 7) is 7.72. The summed E-state index contributed by atoms with van der Waals surface area (Å²) in [5.74, 6) is 0.441. The Morgan fingerprint density at radius 1 is 1.21 bits per heavy atom. The standard InChI is InChI=1S/C21H31FN4O2/c1-2-28-19-15-18(21(19)7-13-27-14-8-21)24-20(23)26-11-9-25(10-12-26)17-5-3-16(22)4-6-17/h3-6,18-19H,2,7-15H2,1H3,(H2,23,24). The van der Waals surface area contributed by atoms with E-state index in [1.165, 1.54) is 12.1 Å². The van der Waals surface area contributed by atoms with Gasteiger partial charge < -0.3 is 25.0 Å². The van der Waals surface area contributed by atoms with Gasteiger partial charge in [-0.05, 0) is 50.5 Å². The number of ether oxygens (including phenoxy) is 2. The van der Waals surface area contributed by atoms with Gasteiger partial charge in [0.15, 0.2) is 5.96 Å². The van der Waals surface area contributed by atoms with Crippen LogP contribution in [0, 0.1) is 11.2 Å². The third kappa shape index (κ3) is 3.70. The number of piperazine rings is 1. The van der Waals surface area contributed by atoms with Crippen LogP contribution in [0.5, 0.6) is 0 Å². The molecule has 1 aromatic rings. The lowest BCUT2D eigenvalue weighted by atomic mass is 9.58. The largest absolute Gasteiger partial charge is 0.381 e. The molecule has 154 valence electrons. The Bertz CT molecular complexity index is 682. The van der Waals surface area contributed by atoms with Crippen molar-refractivity contribution in [2.75, 3.05) is 50.9 Å². The van der Waals surface area contributed by atoms with Gasteiger partial charge >= 0.3 is 0 Å². The van der Waals surface area contributed by atoms with E-state index in [2.05, 4.69) is 16.7 Å². The number of nitrogens with zero attached hydrogens (tertiary/aromatic N) is 3. The molecule has 1 aromatic carbocycles. The third-order valence-corrected chi connectivity index (χ3v) is 6.62. The fourth-order valence-corrected chi connectivity index (χ4v) is 4.84. The average Bonchev–Trinajstić information content (AvgIpc) is 2.74. The van der Waals surface area contributed by atoms with Gasteiger partial charge in [-0.3, -0.25) is 0 Å². The predicted molar refractivity (Wildman–Crippen MR) is 108 cm³/mol. The lowest BCUT2D eigenvalue weighted by Gasteiger charge is -2.55. The summed E-state index contributed by atoms with van der Waals surface area (Å²) in [6.07, 6.45) is 3.22. The first-order valence-electron chi connectivity index (χ1n) is 10.4. The van der Waals surface area contributed by atoms with Gasteiger partial charge in [-0.15, -0.1) is 0 Å². The molecule has 4 rings (SSSR count). The van der Waals surface area contributed by atoms with Crippen LogP contribution >= 0.6 is 0 Å². The zero-order chi connectivity index (χ0) is 19.6. The molecule has 0 bridgehead atoms. The number of anilines is 1. The molecule has 0 amide bonds. The molecule has 28 heavy (non-hydrogen) atoms. The fourth-order valence-electron chi connectivity index (χ4n) is 4.84. The summed E-state index contributed by atoms with van der Waals surface area (Å²) in [5, 5.41) is 0. The number of guanidine groups is 1. The lowest BCUT2D eigenvalue weighted by molar-refractivity contribution is -0.163.